The summed E-state index contributed by atoms with van der Waals surface area (Å²) in [5, 5.41) is 7.68. The molecule has 0 aliphatic heterocycles. The Morgan fingerprint density at radius 1 is 1.47 bits per heavy atom. The zero-order valence-electron chi connectivity index (χ0n) is 10.2. The monoisotopic (exact) mass is 209 g/mol. The summed E-state index contributed by atoms with van der Waals surface area (Å²) in [5.41, 5.74) is 1.28. The Morgan fingerprint density at radius 2 is 2.27 bits per heavy atom. The summed E-state index contributed by atoms with van der Waals surface area (Å²) >= 11 is 0. The predicted octanol–water partition coefficient (Wildman–Crippen LogP) is 2.43. The van der Waals surface area contributed by atoms with Crippen LogP contribution in [0, 0.1) is 5.92 Å². The Kier molecular flexibility index (Phi) is 5.40. The molecular weight excluding hydrogens is 186 g/mol. The van der Waals surface area contributed by atoms with Gasteiger partial charge in [-0.05, 0) is 32.2 Å². The standard InChI is InChI=1S/C12H23N3/c1-4-15-10-12(9-14-15)8-13-7-5-6-11(2)3/h9-11,13H,4-8H2,1-3H3. The molecule has 0 amide bonds. The zero-order chi connectivity index (χ0) is 11.1. The van der Waals surface area contributed by atoms with Crippen LogP contribution >= 0.6 is 0 Å². The van der Waals surface area contributed by atoms with Crippen molar-refractivity contribution in [3.05, 3.63) is 18.0 Å². The van der Waals surface area contributed by atoms with E-state index in [4.69, 9.17) is 0 Å². The summed E-state index contributed by atoms with van der Waals surface area (Å²) in [6, 6.07) is 0. The van der Waals surface area contributed by atoms with E-state index < -0.39 is 0 Å². The quantitative estimate of drug-likeness (QED) is 0.699. The van der Waals surface area contributed by atoms with Crippen LogP contribution in [0.1, 0.15) is 39.2 Å². The molecule has 1 N–H and O–H groups in total. The molecule has 0 aromatic carbocycles. The van der Waals surface area contributed by atoms with E-state index in [0.29, 0.717) is 0 Å². The third-order valence-corrected chi connectivity index (χ3v) is 2.47. The third-order valence-electron chi connectivity index (χ3n) is 2.47. The number of aromatic nitrogens is 2. The molecule has 15 heavy (non-hydrogen) atoms. The van der Waals surface area contributed by atoms with Gasteiger partial charge >= 0.3 is 0 Å². The molecule has 3 nitrogen and oxygen atoms in total. The molecule has 86 valence electrons. The van der Waals surface area contributed by atoms with Crippen LogP contribution in [-0.2, 0) is 13.1 Å². The number of hydrogen-bond donors (Lipinski definition) is 1. The van der Waals surface area contributed by atoms with Crippen molar-refractivity contribution in [3.8, 4) is 0 Å². The van der Waals surface area contributed by atoms with Crippen LogP contribution in [0.15, 0.2) is 12.4 Å². The molecule has 0 saturated heterocycles. The van der Waals surface area contributed by atoms with E-state index >= 15 is 0 Å². The van der Waals surface area contributed by atoms with Crippen molar-refractivity contribution in [3.63, 3.8) is 0 Å². The number of nitrogens with one attached hydrogen (secondary N) is 1. The first-order valence-corrected chi connectivity index (χ1v) is 5.94. The van der Waals surface area contributed by atoms with Crippen LogP contribution in [0.3, 0.4) is 0 Å². The van der Waals surface area contributed by atoms with Gasteiger partial charge in [-0.2, -0.15) is 5.10 Å². The van der Waals surface area contributed by atoms with Gasteiger partial charge in [0.15, 0.2) is 0 Å². The Bertz CT molecular complexity index is 266. The minimum Gasteiger partial charge on any atom is -0.313 e. The highest BCUT2D eigenvalue weighted by Gasteiger charge is 1.97. The number of hydrogen-bond acceptors (Lipinski definition) is 2. The number of aryl methyl sites for hydroxylation is 1. The van der Waals surface area contributed by atoms with Gasteiger partial charge in [0.05, 0.1) is 6.20 Å². The molecule has 1 aromatic rings. The minimum atomic E-state index is 0.814. The third kappa shape index (κ3) is 4.98. The van der Waals surface area contributed by atoms with Crippen LogP contribution in [0.4, 0.5) is 0 Å². The first-order chi connectivity index (χ1) is 7.22. The molecule has 1 aromatic heterocycles. The number of rotatable bonds is 7. The van der Waals surface area contributed by atoms with Crippen molar-refractivity contribution in [2.24, 2.45) is 5.92 Å². The first kappa shape index (κ1) is 12.2. The lowest BCUT2D eigenvalue weighted by Gasteiger charge is -2.05. The highest BCUT2D eigenvalue weighted by molar-refractivity contribution is 5.02. The Hall–Kier alpha value is -0.830. The van der Waals surface area contributed by atoms with E-state index in [1.807, 2.05) is 10.9 Å². The maximum absolute atomic E-state index is 4.24. The van der Waals surface area contributed by atoms with Gasteiger partial charge in [0.2, 0.25) is 0 Å². The first-order valence-electron chi connectivity index (χ1n) is 5.94. The fraction of sp³-hybridized carbons (Fsp3) is 0.750. The lowest BCUT2D eigenvalue weighted by atomic mass is 10.1. The Balaban J connectivity index is 2.09. The van der Waals surface area contributed by atoms with E-state index in [2.05, 4.69) is 37.4 Å². The molecule has 0 spiro atoms. The smallest absolute Gasteiger partial charge is 0.0534 e. The highest BCUT2D eigenvalue weighted by atomic mass is 15.3. The van der Waals surface area contributed by atoms with Gasteiger partial charge in [-0.3, -0.25) is 4.68 Å². The molecule has 0 aliphatic rings. The summed E-state index contributed by atoms with van der Waals surface area (Å²) in [6.07, 6.45) is 6.62. The maximum atomic E-state index is 4.24. The average Bonchev–Trinajstić information content (AvgIpc) is 2.65. The summed E-state index contributed by atoms with van der Waals surface area (Å²) in [6.45, 7) is 9.64. The van der Waals surface area contributed by atoms with Crippen LogP contribution < -0.4 is 5.32 Å². The molecule has 0 fully saturated rings. The zero-order valence-corrected chi connectivity index (χ0v) is 10.2. The molecule has 3 heteroatoms. The summed E-state index contributed by atoms with van der Waals surface area (Å²) in [7, 11) is 0. The van der Waals surface area contributed by atoms with Crippen molar-refractivity contribution < 1.29 is 0 Å². The number of nitrogens with zero attached hydrogens (tertiary/aromatic N) is 2. The van der Waals surface area contributed by atoms with Gasteiger partial charge in [-0.1, -0.05) is 13.8 Å². The molecule has 0 atom stereocenters. The second-order valence-corrected chi connectivity index (χ2v) is 4.42. The van der Waals surface area contributed by atoms with E-state index in [0.717, 1.165) is 25.6 Å². The SMILES string of the molecule is CCn1cc(CNCCCC(C)C)cn1. The van der Waals surface area contributed by atoms with Crippen molar-refractivity contribution in [1.29, 1.82) is 0 Å². The van der Waals surface area contributed by atoms with Gasteiger partial charge in [0.1, 0.15) is 0 Å². The minimum absolute atomic E-state index is 0.814. The summed E-state index contributed by atoms with van der Waals surface area (Å²) in [5.74, 6) is 0.814. The molecule has 0 bridgehead atoms. The van der Waals surface area contributed by atoms with Gasteiger partial charge < -0.3 is 5.32 Å². The predicted molar refractivity (Wildman–Crippen MR) is 63.7 cm³/mol. The van der Waals surface area contributed by atoms with E-state index in [1.54, 1.807) is 0 Å². The lowest BCUT2D eigenvalue weighted by Crippen LogP contribution is -2.14. The van der Waals surface area contributed by atoms with Crippen molar-refractivity contribution in [2.45, 2.75) is 46.7 Å². The molecule has 1 rings (SSSR count). The summed E-state index contributed by atoms with van der Waals surface area (Å²) in [4.78, 5) is 0. The fourth-order valence-corrected chi connectivity index (χ4v) is 1.54. The molecule has 0 saturated carbocycles. The molecule has 0 radical (unpaired) electrons. The Labute approximate surface area is 92.9 Å². The summed E-state index contributed by atoms with van der Waals surface area (Å²) < 4.78 is 1.96. The van der Waals surface area contributed by atoms with Gasteiger partial charge in [0.25, 0.3) is 0 Å². The second-order valence-electron chi connectivity index (χ2n) is 4.42. The second kappa shape index (κ2) is 6.62. The van der Waals surface area contributed by atoms with Crippen LogP contribution in [0.2, 0.25) is 0 Å². The molecule has 1 heterocycles. The fourth-order valence-electron chi connectivity index (χ4n) is 1.54. The Morgan fingerprint density at radius 3 is 2.87 bits per heavy atom. The van der Waals surface area contributed by atoms with Gasteiger partial charge in [0, 0.05) is 24.8 Å². The van der Waals surface area contributed by atoms with Crippen LogP contribution in [0.5, 0.6) is 0 Å². The topological polar surface area (TPSA) is 29.9 Å². The highest BCUT2D eigenvalue weighted by Crippen LogP contribution is 2.02. The molecule has 0 unspecified atom stereocenters. The maximum Gasteiger partial charge on any atom is 0.0534 e. The normalized spacial score (nSPS) is 11.2. The van der Waals surface area contributed by atoms with Crippen molar-refractivity contribution in [2.75, 3.05) is 6.54 Å². The van der Waals surface area contributed by atoms with Crippen molar-refractivity contribution in [1.82, 2.24) is 15.1 Å². The molecule has 0 aliphatic carbocycles. The van der Waals surface area contributed by atoms with Crippen LogP contribution in [-0.4, -0.2) is 16.3 Å². The average molecular weight is 209 g/mol. The van der Waals surface area contributed by atoms with E-state index in [9.17, 15) is 0 Å². The molecular formula is C12H23N3. The van der Waals surface area contributed by atoms with E-state index in [-0.39, 0.29) is 0 Å². The lowest BCUT2D eigenvalue weighted by molar-refractivity contribution is 0.527. The van der Waals surface area contributed by atoms with E-state index in [1.165, 1.54) is 18.4 Å². The largest absolute Gasteiger partial charge is 0.313 e. The van der Waals surface area contributed by atoms with Gasteiger partial charge in [-0.15, -0.1) is 0 Å². The van der Waals surface area contributed by atoms with Crippen molar-refractivity contribution >= 4 is 0 Å². The van der Waals surface area contributed by atoms with Crippen LogP contribution in [0.25, 0.3) is 0 Å². The van der Waals surface area contributed by atoms with Gasteiger partial charge in [-0.25, -0.2) is 0 Å².